The van der Waals surface area contributed by atoms with Gasteiger partial charge in [-0.2, -0.15) is 0 Å². The molecule has 4 nitrogen and oxygen atoms in total. The highest BCUT2D eigenvalue weighted by Crippen LogP contribution is 2.32. The van der Waals surface area contributed by atoms with Crippen molar-refractivity contribution in [3.05, 3.63) is 72.4 Å². The fourth-order valence-electron chi connectivity index (χ4n) is 2.10. The Bertz CT molecular complexity index is 772. The Balaban J connectivity index is 1.88. The molecule has 0 atom stereocenters. The lowest BCUT2D eigenvalue weighted by atomic mass is 10.2. The van der Waals surface area contributed by atoms with Crippen LogP contribution < -0.4 is 15.8 Å². The first-order valence-electron chi connectivity index (χ1n) is 7.03. The summed E-state index contributed by atoms with van der Waals surface area (Å²) in [6.07, 6.45) is 1.78. The van der Waals surface area contributed by atoms with Gasteiger partial charge in [0.05, 0.1) is 11.4 Å². The Labute approximate surface area is 129 Å². The van der Waals surface area contributed by atoms with Gasteiger partial charge in [-0.3, -0.25) is 0 Å². The van der Waals surface area contributed by atoms with Gasteiger partial charge in [0.1, 0.15) is 5.75 Å². The van der Waals surface area contributed by atoms with E-state index in [0.717, 1.165) is 22.7 Å². The molecule has 0 fully saturated rings. The molecule has 2 aromatic carbocycles. The molecule has 0 radical (unpaired) electrons. The lowest BCUT2D eigenvalue weighted by Gasteiger charge is -2.13. The van der Waals surface area contributed by atoms with Crippen molar-refractivity contribution in [3.63, 3.8) is 0 Å². The number of pyridine rings is 1. The predicted molar refractivity (Wildman–Crippen MR) is 89.6 cm³/mol. The normalized spacial score (nSPS) is 10.2. The van der Waals surface area contributed by atoms with Crippen LogP contribution in [0.3, 0.4) is 0 Å². The number of benzene rings is 2. The second-order valence-electron chi connectivity index (χ2n) is 4.99. The van der Waals surface area contributed by atoms with Gasteiger partial charge in [-0.25, -0.2) is 4.98 Å². The molecule has 0 aliphatic heterocycles. The molecule has 1 heterocycles. The Kier molecular flexibility index (Phi) is 3.92. The molecule has 0 unspecified atom stereocenters. The van der Waals surface area contributed by atoms with Crippen LogP contribution in [0.4, 0.5) is 17.2 Å². The first-order valence-corrected chi connectivity index (χ1v) is 7.03. The van der Waals surface area contributed by atoms with Crippen molar-refractivity contribution in [2.45, 2.75) is 6.92 Å². The second-order valence-corrected chi connectivity index (χ2v) is 4.99. The molecule has 0 saturated heterocycles. The number of nitrogen functional groups attached to an aromatic ring is 1. The van der Waals surface area contributed by atoms with Gasteiger partial charge in [-0.15, -0.1) is 0 Å². The monoisotopic (exact) mass is 291 g/mol. The number of anilines is 3. The molecule has 3 rings (SSSR count). The topological polar surface area (TPSA) is 60.2 Å². The summed E-state index contributed by atoms with van der Waals surface area (Å²) in [7, 11) is 0. The number of para-hydroxylation sites is 3. The first-order chi connectivity index (χ1) is 10.7. The van der Waals surface area contributed by atoms with Crippen molar-refractivity contribution < 1.29 is 4.74 Å². The van der Waals surface area contributed by atoms with E-state index in [1.54, 1.807) is 6.20 Å². The van der Waals surface area contributed by atoms with Crippen molar-refractivity contribution in [3.8, 4) is 11.5 Å². The minimum atomic E-state index is 0.606. The average molecular weight is 291 g/mol. The highest BCUT2D eigenvalue weighted by atomic mass is 16.5. The smallest absolute Gasteiger partial charge is 0.153 e. The molecule has 1 aromatic heterocycles. The highest BCUT2D eigenvalue weighted by Gasteiger charge is 2.07. The summed E-state index contributed by atoms with van der Waals surface area (Å²) >= 11 is 0. The van der Waals surface area contributed by atoms with Crippen LogP contribution in [-0.4, -0.2) is 4.98 Å². The molecule has 0 aliphatic carbocycles. The number of nitrogens with zero attached hydrogens (tertiary/aromatic N) is 1. The quantitative estimate of drug-likeness (QED) is 0.742. The van der Waals surface area contributed by atoms with Crippen molar-refractivity contribution in [2.75, 3.05) is 11.1 Å². The zero-order chi connectivity index (χ0) is 15.4. The number of aryl methyl sites for hydroxylation is 1. The van der Waals surface area contributed by atoms with Crippen molar-refractivity contribution in [2.24, 2.45) is 0 Å². The second kappa shape index (κ2) is 6.18. The molecule has 4 heteroatoms. The summed E-state index contributed by atoms with van der Waals surface area (Å²) in [4.78, 5) is 4.33. The lowest BCUT2D eigenvalue weighted by molar-refractivity contribution is 0.485. The van der Waals surface area contributed by atoms with Crippen molar-refractivity contribution in [1.29, 1.82) is 0 Å². The maximum atomic E-state index is 6.01. The van der Waals surface area contributed by atoms with Gasteiger partial charge in [0, 0.05) is 6.20 Å². The van der Waals surface area contributed by atoms with Gasteiger partial charge in [0.15, 0.2) is 11.6 Å². The summed E-state index contributed by atoms with van der Waals surface area (Å²) in [6.45, 7) is 1.96. The third-order valence-corrected chi connectivity index (χ3v) is 3.17. The fraction of sp³-hybridized carbons (Fsp3) is 0.0556. The largest absolute Gasteiger partial charge is 0.455 e. The van der Waals surface area contributed by atoms with Crippen LogP contribution in [0.25, 0.3) is 0 Å². The number of rotatable bonds is 4. The minimum absolute atomic E-state index is 0.606. The summed E-state index contributed by atoms with van der Waals surface area (Å²) in [5, 5.41) is 3.23. The van der Waals surface area contributed by atoms with Crippen molar-refractivity contribution in [1.82, 2.24) is 4.98 Å². The lowest BCUT2D eigenvalue weighted by Crippen LogP contribution is -2.01. The summed E-state index contributed by atoms with van der Waals surface area (Å²) in [6, 6.07) is 19.2. The third kappa shape index (κ3) is 3.17. The molecule has 22 heavy (non-hydrogen) atoms. The van der Waals surface area contributed by atoms with E-state index in [1.165, 1.54) is 0 Å². The highest BCUT2D eigenvalue weighted by molar-refractivity contribution is 5.72. The molecule has 0 saturated carbocycles. The van der Waals surface area contributed by atoms with E-state index in [4.69, 9.17) is 10.5 Å². The summed E-state index contributed by atoms with van der Waals surface area (Å²) in [5.41, 5.74) is 8.45. The van der Waals surface area contributed by atoms with E-state index in [9.17, 15) is 0 Å². The Hall–Kier alpha value is -3.01. The van der Waals surface area contributed by atoms with Crippen LogP contribution >= 0.6 is 0 Å². The van der Waals surface area contributed by atoms with Gasteiger partial charge < -0.3 is 15.8 Å². The summed E-state index contributed by atoms with van der Waals surface area (Å²) < 4.78 is 5.91. The van der Waals surface area contributed by atoms with Gasteiger partial charge in [-0.05, 0) is 42.8 Å². The predicted octanol–water partition coefficient (Wildman–Crippen LogP) is 4.51. The fourth-order valence-corrected chi connectivity index (χ4v) is 2.10. The Morgan fingerprint density at radius 3 is 2.50 bits per heavy atom. The Morgan fingerprint density at radius 1 is 1.00 bits per heavy atom. The molecular formula is C18H17N3O. The average Bonchev–Trinajstić information content (AvgIpc) is 2.53. The standard InChI is InChI=1S/C18H17N3O/c1-13-11-15(19)18(20-12-13)21-16-9-5-6-10-17(16)22-14-7-3-2-4-8-14/h2-12H,19H2,1H3,(H,20,21). The number of aromatic nitrogens is 1. The zero-order valence-corrected chi connectivity index (χ0v) is 12.3. The van der Waals surface area contributed by atoms with Crippen LogP contribution in [0.15, 0.2) is 66.9 Å². The molecule has 0 bridgehead atoms. The van der Waals surface area contributed by atoms with E-state index in [1.807, 2.05) is 67.6 Å². The third-order valence-electron chi connectivity index (χ3n) is 3.17. The maximum absolute atomic E-state index is 6.01. The number of ether oxygens (including phenoxy) is 1. The van der Waals surface area contributed by atoms with Crippen LogP contribution in [-0.2, 0) is 0 Å². The number of hydrogen-bond donors (Lipinski definition) is 2. The van der Waals surface area contributed by atoms with E-state index in [-0.39, 0.29) is 0 Å². The van der Waals surface area contributed by atoms with Crippen LogP contribution in [0.5, 0.6) is 11.5 Å². The summed E-state index contributed by atoms with van der Waals surface area (Å²) in [5.74, 6) is 2.12. The van der Waals surface area contributed by atoms with Crippen LogP contribution in [0.2, 0.25) is 0 Å². The number of nitrogens with one attached hydrogen (secondary N) is 1. The van der Waals surface area contributed by atoms with Gasteiger partial charge in [0.2, 0.25) is 0 Å². The molecular weight excluding hydrogens is 274 g/mol. The molecule has 3 aromatic rings. The van der Waals surface area contributed by atoms with Gasteiger partial charge in [0.25, 0.3) is 0 Å². The van der Waals surface area contributed by atoms with Crippen LogP contribution in [0.1, 0.15) is 5.56 Å². The molecule has 3 N–H and O–H groups in total. The molecule has 0 spiro atoms. The van der Waals surface area contributed by atoms with E-state index in [0.29, 0.717) is 11.5 Å². The first kappa shape index (κ1) is 13.9. The van der Waals surface area contributed by atoms with E-state index >= 15 is 0 Å². The zero-order valence-electron chi connectivity index (χ0n) is 12.3. The number of hydrogen-bond acceptors (Lipinski definition) is 4. The van der Waals surface area contributed by atoms with E-state index < -0.39 is 0 Å². The SMILES string of the molecule is Cc1cnc(Nc2ccccc2Oc2ccccc2)c(N)c1. The van der Waals surface area contributed by atoms with Gasteiger partial charge in [-0.1, -0.05) is 30.3 Å². The van der Waals surface area contributed by atoms with Crippen molar-refractivity contribution >= 4 is 17.2 Å². The molecule has 0 amide bonds. The van der Waals surface area contributed by atoms with Gasteiger partial charge >= 0.3 is 0 Å². The Morgan fingerprint density at radius 2 is 1.73 bits per heavy atom. The van der Waals surface area contributed by atoms with Crippen LogP contribution in [0, 0.1) is 6.92 Å². The number of nitrogens with two attached hydrogens (primary N) is 1. The molecule has 0 aliphatic rings. The minimum Gasteiger partial charge on any atom is -0.455 e. The molecule has 110 valence electrons. The van der Waals surface area contributed by atoms with E-state index in [2.05, 4.69) is 10.3 Å². The maximum Gasteiger partial charge on any atom is 0.153 e.